The Morgan fingerprint density at radius 1 is 1.13 bits per heavy atom. The summed E-state index contributed by atoms with van der Waals surface area (Å²) in [6.07, 6.45) is 0.395. The highest BCUT2D eigenvalue weighted by atomic mass is 16.3. The molecule has 1 nitrogen and oxygen atoms in total. The van der Waals surface area contributed by atoms with Gasteiger partial charge in [-0.15, -0.1) is 0 Å². The molecule has 15 heavy (non-hydrogen) atoms. The van der Waals surface area contributed by atoms with Gasteiger partial charge in [-0.2, -0.15) is 0 Å². The first-order valence-corrected chi connectivity index (χ1v) is 5.53. The average Bonchev–Trinajstić information content (AvgIpc) is 2.17. The number of benzene rings is 1. The summed E-state index contributed by atoms with van der Waals surface area (Å²) in [6.45, 7) is 8.46. The monoisotopic (exact) mass is 202 g/mol. The molecule has 2 radical (unpaired) electrons. The highest BCUT2D eigenvalue weighted by molar-refractivity contribution is 6.08. The second-order valence-electron chi connectivity index (χ2n) is 4.63. The van der Waals surface area contributed by atoms with Crippen LogP contribution in [0.5, 0.6) is 5.75 Å². The number of hydrogen-bond donors (Lipinski definition) is 1. The van der Waals surface area contributed by atoms with E-state index in [1.165, 1.54) is 5.56 Å². The lowest BCUT2D eigenvalue weighted by Crippen LogP contribution is -1.98. The fraction of sp³-hybridized carbons (Fsp3) is 0.538. The van der Waals surface area contributed by atoms with E-state index in [-0.39, 0.29) is 0 Å². The van der Waals surface area contributed by atoms with Crippen LogP contribution in [0.1, 0.15) is 56.2 Å². The third kappa shape index (κ3) is 2.56. The van der Waals surface area contributed by atoms with Crippen LogP contribution in [-0.2, 0) is 6.32 Å². The van der Waals surface area contributed by atoms with Crippen LogP contribution in [0.4, 0.5) is 0 Å². The van der Waals surface area contributed by atoms with Crippen molar-refractivity contribution in [1.29, 1.82) is 0 Å². The second-order valence-corrected chi connectivity index (χ2v) is 4.63. The van der Waals surface area contributed by atoms with Gasteiger partial charge in [-0.3, -0.25) is 0 Å². The Morgan fingerprint density at radius 2 is 1.73 bits per heavy atom. The Hall–Kier alpha value is -0.915. The standard InChI is InChI=1S/C13H19BO/c1-8(2)10-5-11(7-14)13(15)12(6-10)9(3)4/h5-6,8-9,15H,7H2,1-4H3. The van der Waals surface area contributed by atoms with Gasteiger partial charge in [-0.25, -0.2) is 0 Å². The summed E-state index contributed by atoms with van der Waals surface area (Å²) < 4.78 is 0. The maximum atomic E-state index is 9.99. The molecule has 0 heterocycles. The Labute approximate surface area is 93.9 Å². The summed E-state index contributed by atoms with van der Waals surface area (Å²) in [5.74, 6) is 1.17. The average molecular weight is 202 g/mol. The minimum absolute atomic E-state index is 0.328. The van der Waals surface area contributed by atoms with E-state index in [4.69, 9.17) is 7.85 Å². The first-order valence-electron chi connectivity index (χ1n) is 5.53. The highest BCUT2D eigenvalue weighted by Crippen LogP contribution is 2.32. The summed E-state index contributed by atoms with van der Waals surface area (Å²) in [7, 11) is 5.63. The van der Waals surface area contributed by atoms with Crippen LogP contribution in [0.3, 0.4) is 0 Å². The van der Waals surface area contributed by atoms with Crippen molar-refractivity contribution in [1.82, 2.24) is 0 Å². The maximum Gasteiger partial charge on any atom is 0.121 e. The minimum Gasteiger partial charge on any atom is -0.507 e. The van der Waals surface area contributed by atoms with Gasteiger partial charge in [0.15, 0.2) is 0 Å². The molecule has 1 rings (SSSR count). The zero-order valence-electron chi connectivity index (χ0n) is 10.0. The summed E-state index contributed by atoms with van der Waals surface area (Å²) in [6, 6.07) is 4.09. The zero-order valence-corrected chi connectivity index (χ0v) is 10.0. The second kappa shape index (κ2) is 4.74. The molecule has 0 aliphatic rings. The van der Waals surface area contributed by atoms with E-state index in [9.17, 15) is 5.11 Å². The van der Waals surface area contributed by atoms with Gasteiger partial charge in [0.1, 0.15) is 5.75 Å². The van der Waals surface area contributed by atoms with Gasteiger partial charge in [-0.1, -0.05) is 46.1 Å². The Bertz CT molecular complexity index is 343. The Morgan fingerprint density at radius 3 is 2.13 bits per heavy atom. The predicted octanol–water partition coefficient (Wildman–Crippen LogP) is 3.31. The van der Waals surface area contributed by atoms with E-state index in [2.05, 4.69) is 33.8 Å². The van der Waals surface area contributed by atoms with Crippen molar-refractivity contribution >= 4 is 7.85 Å². The molecule has 80 valence electrons. The highest BCUT2D eigenvalue weighted by Gasteiger charge is 2.12. The molecule has 1 N–H and O–H groups in total. The molecule has 0 bridgehead atoms. The summed E-state index contributed by atoms with van der Waals surface area (Å²) in [5.41, 5.74) is 3.10. The van der Waals surface area contributed by atoms with Gasteiger partial charge in [0.2, 0.25) is 0 Å². The first-order chi connectivity index (χ1) is 6.97. The fourth-order valence-electron chi connectivity index (χ4n) is 1.67. The quantitative estimate of drug-likeness (QED) is 0.745. The first kappa shape index (κ1) is 12.2. The van der Waals surface area contributed by atoms with Crippen molar-refractivity contribution in [2.24, 2.45) is 0 Å². The van der Waals surface area contributed by atoms with Gasteiger partial charge >= 0.3 is 0 Å². The molecule has 2 heteroatoms. The molecule has 0 fully saturated rings. The van der Waals surface area contributed by atoms with Gasteiger partial charge < -0.3 is 5.11 Å². The molecule has 0 amide bonds. The van der Waals surface area contributed by atoms with Crippen LogP contribution in [-0.4, -0.2) is 13.0 Å². The summed E-state index contributed by atoms with van der Waals surface area (Å²) in [5, 5.41) is 9.99. The van der Waals surface area contributed by atoms with E-state index in [0.29, 0.717) is 23.9 Å². The van der Waals surface area contributed by atoms with Crippen molar-refractivity contribution in [3.8, 4) is 5.75 Å². The SMILES string of the molecule is [B]Cc1cc(C(C)C)cc(C(C)C)c1O. The molecule has 0 saturated heterocycles. The lowest BCUT2D eigenvalue weighted by Gasteiger charge is -2.16. The lowest BCUT2D eigenvalue weighted by molar-refractivity contribution is 0.459. The molecule has 0 atom stereocenters. The van der Waals surface area contributed by atoms with Crippen molar-refractivity contribution in [3.63, 3.8) is 0 Å². The van der Waals surface area contributed by atoms with Crippen LogP contribution in [0.25, 0.3) is 0 Å². The van der Waals surface area contributed by atoms with Crippen LogP contribution in [0.15, 0.2) is 12.1 Å². The van der Waals surface area contributed by atoms with E-state index >= 15 is 0 Å². The van der Waals surface area contributed by atoms with Gasteiger partial charge in [0.25, 0.3) is 0 Å². The Balaban J connectivity index is 3.32. The molecule has 0 aliphatic carbocycles. The van der Waals surface area contributed by atoms with Crippen LogP contribution >= 0.6 is 0 Å². The number of phenolic OH excluding ortho intramolecular Hbond substituents is 1. The van der Waals surface area contributed by atoms with Crippen molar-refractivity contribution in [2.45, 2.75) is 45.9 Å². The minimum atomic E-state index is 0.328. The third-order valence-corrected chi connectivity index (χ3v) is 2.75. The molecule has 1 aromatic rings. The molecule has 0 aromatic heterocycles. The Kier molecular flexibility index (Phi) is 3.84. The number of aromatic hydroxyl groups is 1. The van der Waals surface area contributed by atoms with Gasteiger partial charge in [-0.05, 0) is 28.5 Å². The molecular weight excluding hydrogens is 183 g/mol. The normalized spacial score (nSPS) is 11.3. The molecule has 1 aromatic carbocycles. The number of rotatable bonds is 3. The molecule has 0 aliphatic heterocycles. The smallest absolute Gasteiger partial charge is 0.121 e. The fourth-order valence-corrected chi connectivity index (χ4v) is 1.67. The number of hydrogen-bond acceptors (Lipinski definition) is 1. The van der Waals surface area contributed by atoms with Crippen LogP contribution in [0.2, 0.25) is 0 Å². The summed E-state index contributed by atoms with van der Waals surface area (Å²) >= 11 is 0. The van der Waals surface area contributed by atoms with E-state index < -0.39 is 0 Å². The maximum absolute atomic E-state index is 9.99. The zero-order chi connectivity index (χ0) is 11.6. The molecular formula is C13H19BO. The third-order valence-electron chi connectivity index (χ3n) is 2.75. The van der Waals surface area contributed by atoms with Crippen LogP contribution < -0.4 is 0 Å². The number of phenols is 1. The predicted molar refractivity (Wildman–Crippen MR) is 65.7 cm³/mol. The summed E-state index contributed by atoms with van der Waals surface area (Å²) in [4.78, 5) is 0. The van der Waals surface area contributed by atoms with E-state index in [1.807, 2.05) is 6.07 Å². The lowest BCUT2D eigenvalue weighted by atomic mass is 9.87. The van der Waals surface area contributed by atoms with Gasteiger partial charge in [0.05, 0.1) is 7.85 Å². The van der Waals surface area contributed by atoms with Crippen molar-refractivity contribution in [2.75, 3.05) is 0 Å². The largest absolute Gasteiger partial charge is 0.507 e. The topological polar surface area (TPSA) is 20.2 Å². The van der Waals surface area contributed by atoms with Gasteiger partial charge in [0, 0.05) is 0 Å². The van der Waals surface area contributed by atoms with Crippen LogP contribution in [0, 0.1) is 0 Å². The molecule has 0 saturated carbocycles. The van der Waals surface area contributed by atoms with Crippen molar-refractivity contribution < 1.29 is 5.11 Å². The molecule has 0 unspecified atom stereocenters. The molecule has 0 spiro atoms. The van der Waals surface area contributed by atoms with E-state index in [1.54, 1.807) is 0 Å². The van der Waals surface area contributed by atoms with E-state index in [0.717, 1.165) is 11.1 Å². The van der Waals surface area contributed by atoms with Crippen molar-refractivity contribution in [3.05, 3.63) is 28.8 Å².